The maximum Gasteiger partial charge on any atom is 0.303 e. The minimum Gasteiger partial charge on any atom is -0.507 e. The van der Waals surface area contributed by atoms with Crippen LogP contribution < -0.4 is 0 Å². The molecular weight excluding hydrogens is 728 g/mol. The van der Waals surface area contributed by atoms with E-state index < -0.39 is 134 Å². The van der Waals surface area contributed by atoms with E-state index in [1.165, 1.54) is 0 Å². The van der Waals surface area contributed by atoms with Gasteiger partial charge in [0.25, 0.3) is 0 Å². The molecule has 2 fully saturated rings. The van der Waals surface area contributed by atoms with Gasteiger partial charge in [-0.1, -0.05) is 0 Å². The average molecular weight is 771 g/mol. The van der Waals surface area contributed by atoms with Gasteiger partial charge in [0.15, 0.2) is 36.6 Å². The molecule has 2 aliphatic heterocycles. The number of rotatable bonds is 12. The minimum atomic E-state index is -1.69. The topological polar surface area (TPSA) is 269 Å². The van der Waals surface area contributed by atoms with E-state index in [4.69, 9.17) is 47.4 Å². The zero-order chi connectivity index (χ0) is 40.6. The van der Waals surface area contributed by atoms with Gasteiger partial charge in [-0.2, -0.15) is 0 Å². The predicted molar refractivity (Wildman–Crippen MR) is 172 cm³/mol. The fraction of sp³-hybridized carbons (Fsp3) is 0.588. The van der Waals surface area contributed by atoms with Crippen LogP contribution in [0.3, 0.4) is 0 Å². The van der Waals surface area contributed by atoms with Gasteiger partial charge >= 0.3 is 47.8 Å². The van der Waals surface area contributed by atoms with Crippen molar-refractivity contribution < 1.29 is 95.9 Å². The number of hydrogen-bond acceptors (Lipinski definition) is 20. The van der Waals surface area contributed by atoms with E-state index in [0.29, 0.717) is 0 Å². The monoisotopic (exact) mass is 770 g/mol. The van der Waals surface area contributed by atoms with Crippen LogP contribution in [0.5, 0.6) is 11.5 Å². The third kappa shape index (κ3) is 11.3. The van der Waals surface area contributed by atoms with Crippen molar-refractivity contribution in [2.75, 3.05) is 13.2 Å². The van der Waals surface area contributed by atoms with E-state index in [-0.39, 0.29) is 11.1 Å². The number of phenolic OH excluding ortho intramolecular Hbond substituents is 2. The second kappa shape index (κ2) is 18.5. The van der Waals surface area contributed by atoms with Crippen molar-refractivity contribution in [1.29, 1.82) is 0 Å². The lowest BCUT2D eigenvalue weighted by Crippen LogP contribution is -2.60. The highest BCUT2D eigenvalue weighted by Gasteiger charge is 2.55. The minimum absolute atomic E-state index is 0.298. The summed E-state index contributed by atoms with van der Waals surface area (Å²) in [5, 5.41) is 22.5. The summed E-state index contributed by atoms with van der Waals surface area (Å²) in [5.74, 6) is -8.46. The molecule has 0 aliphatic carbocycles. The van der Waals surface area contributed by atoms with E-state index in [1.54, 1.807) is 0 Å². The Morgan fingerprint density at radius 1 is 0.444 bits per heavy atom. The molecule has 298 valence electrons. The molecule has 0 radical (unpaired) electrons. The first kappa shape index (κ1) is 42.9. The Labute approximate surface area is 308 Å². The molecule has 2 heterocycles. The van der Waals surface area contributed by atoms with Crippen LogP contribution in [0.4, 0.5) is 0 Å². The molecule has 1 aromatic carbocycles. The molecule has 0 bridgehead atoms. The molecule has 1 aromatic rings. The maximum absolute atomic E-state index is 12.4. The van der Waals surface area contributed by atoms with Crippen LogP contribution in [-0.4, -0.2) is 120 Å². The molecule has 10 atom stereocenters. The average Bonchev–Trinajstić information content (AvgIpc) is 3.02. The maximum atomic E-state index is 12.4. The largest absolute Gasteiger partial charge is 0.507 e. The number of esters is 8. The Kier molecular flexibility index (Phi) is 14.7. The van der Waals surface area contributed by atoms with Gasteiger partial charge in [-0.3, -0.25) is 38.4 Å². The summed E-state index contributed by atoms with van der Waals surface area (Å²) >= 11 is 0. The quantitative estimate of drug-likeness (QED) is 0.219. The number of benzene rings is 1. The lowest BCUT2D eigenvalue weighted by molar-refractivity contribution is -0.255. The number of carbonyl (C=O) groups excluding carboxylic acids is 8. The highest BCUT2D eigenvalue weighted by atomic mass is 16.7. The molecule has 2 N–H and O–H groups in total. The Morgan fingerprint density at radius 3 is 1.00 bits per heavy atom. The Hall–Kier alpha value is -5.50. The van der Waals surface area contributed by atoms with Gasteiger partial charge in [-0.25, -0.2) is 0 Å². The van der Waals surface area contributed by atoms with Gasteiger partial charge < -0.3 is 57.6 Å². The Morgan fingerprint density at radius 2 is 0.722 bits per heavy atom. The Balaban J connectivity index is 2.31. The van der Waals surface area contributed by atoms with Crippen molar-refractivity contribution in [3.05, 3.63) is 23.3 Å². The number of phenols is 2. The van der Waals surface area contributed by atoms with Crippen molar-refractivity contribution in [3.63, 3.8) is 0 Å². The molecule has 2 aliphatic rings. The van der Waals surface area contributed by atoms with Crippen LogP contribution in [0.25, 0.3) is 0 Å². The summed E-state index contributed by atoms with van der Waals surface area (Å²) < 4.78 is 55.3. The van der Waals surface area contributed by atoms with Gasteiger partial charge in [-0.05, 0) is 6.07 Å². The first-order valence-electron chi connectivity index (χ1n) is 16.4. The molecular formula is C34H42O20. The number of carbonyl (C=O) groups is 8. The van der Waals surface area contributed by atoms with Crippen LogP contribution in [0, 0.1) is 0 Å². The first-order chi connectivity index (χ1) is 25.2. The number of ether oxygens (including phenoxy) is 10. The first-order valence-corrected chi connectivity index (χ1v) is 16.4. The van der Waals surface area contributed by atoms with E-state index in [1.807, 2.05) is 0 Å². The third-order valence-electron chi connectivity index (χ3n) is 7.77. The summed E-state index contributed by atoms with van der Waals surface area (Å²) in [6.45, 7) is 7.08. The zero-order valence-electron chi connectivity index (χ0n) is 30.6. The van der Waals surface area contributed by atoms with E-state index in [9.17, 15) is 48.6 Å². The van der Waals surface area contributed by atoms with Crippen molar-refractivity contribution in [3.8, 4) is 11.5 Å². The van der Waals surface area contributed by atoms with Crippen LogP contribution in [-0.2, 0) is 85.7 Å². The Bertz CT molecular complexity index is 1510. The molecule has 20 nitrogen and oxygen atoms in total. The zero-order valence-corrected chi connectivity index (χ0v) is 30.6. The molecule has 2 saturated heterocycles. The summed E-state index contributed by atoms with van der Waals surface area (Å²) in [6, 6.07) is 1.89. The number of aromatic hydroxyl groups is 2. The fourth-order valence-electron chi connectivity index (χ4n) is 6.02. The lowest BCUT2D eigenvalue weighted by Gasteiger charge is -2.45. The van der Waals surface area contributed by atoms with Crippen molar-refractivity contribution >= 4 is 47.8 Å². The second-order valence-corrected chi connectivity index (χ2v) is 12.2. The van der Waals surface area contributed by atoms with E-state index in [2.05, 4.69) is 0 Å². The molecule has 54 heavy (non-hydrogen) atoms. The molecule has 0 aromatic heterocycles. The summed E-state index contributed by atoms with van der Waals surface area (Å²) in [7, 11) is 0. The summed E-state index contributed by atoms with van der Waals surface area (Å²) in [4.78, 5) is 97.5. The van der Waals surface area contributed by atoms with Crippen LogP contribution >= 0.6 is 0 Å². The van der Waals surface area contributed by atoms with Gasteiger partial charge in [0.05, 0.1) is 0 Å². The van der Waals surface area contributed by atoms with Gasteiger partial charge in [0.1, 0.15) is 49.1 Å². The van der Waals surface area contributed by atoms with Crippen molar-refractivity contribution in [2.45, 2.75) is 116 Å². The van der Waals surface area contributed by atoms with Crippen LogP contribution in [0.2, 0.25) is 0 Å². The molecule has 0 saturated carbocycles. The molecule has 20 heteroatoms. The number of hydrogen-bond donors (Lipinski definition) is 2. The lowest BCUT2D eigenvalue weighted by atomic mass is 9.86. The van der Waals surface area contributed by atoms with Crippen LogP contribution in [0.15, 0.2) is 12.1 Å². The fourth-order valence-corrected chi connectivity index (χ4v) is 6.02. The predicted octanol–water partition coefficient (Wildman–Crippen LogP) is 0.694. The van der Waals surface area contributed by atoms with Crippen molar-refractivity contribution in [2.24, 2.45) is 0 Å². The standard InChI is InChI=1S/C34H42O20/c1-13(35)45-11-25-29(47-15(3)37)33(51-19(7)41)31(49-17(5)39)27(53-25)21-9-22(24(44)10-23(21)43)28-32(50-18(6)40)34(52-20(8)42)30(48-16(4)38)26(54-28)12-46-14(2)36/h9-10,25-34,43-44H,11-12H2,1-8H3/t25-,26-,27?,28?,29-,30-,31+,32+,33+,34+/m1/s1. The third-order valence-corrected chi connectivity index (χ3v) is 7.77. The highest BCUT2D eigenvalue weighted by molar-refractivity contribution is 5.70. The molecule has 0 spiro atoms. The van der Waals surface area contributed by atoms with Gasteiger partial charge in [-0.15, -0.1) is 0 Å². The molecule has 0 amide bonds. The summed E-state index contributed by atoms with van der Waals surface area (Å²) in [6.07, 6.45) is -15.9. The SMILES string of the molecule is CC(=O)OC[C@H]1OC(c2cc(C3O[C@H](COC(C)=O)[C@@H](OC(C)=O)[C@H](OC(C)=O)[C@H]3OC(C)=O)c(O)cc2O)[C@H](OC(C)=O)[C@@H](OC(C)=O)[C@@H]1OC(C)=O. The van der Waals surface area contributed by atoms with Crippen molar-refractivity contribution in [1.82, 2.24) is 0 Å². The van der Waals surface area contributed by atoms with Crippen LogP contribution in [0.1, 0.15) is 78.7 Å². The molecule has 2 unspecified atom stereocenters. The van der Waals surface area contributed by atoms with E-state index >= 15 is 0 Å². The molecule has 3 rings (SSSR count). The second-order valence-electron chi connectivity index (χ2n) is 12.2. The van der Waals surface area contributed by atoms with Gasteiger partial charge in [0, 0.05) is 72.6 Å². The smallest absolute Gasteiger partial charge is 0.303 e. The van der Waals surface area contributed by atoms with E-state index in [0.717, 1.165) is 67.5 Å². The van der Waals surface area contributed by atoms with Gasteiger partial charge in [0.2, 0.25) is 0 Å². The summed E-state index contributed by atoms with van der Waals surface area (Å²) in [5.41, 5.74) is -0.596. The highest BCUT2D eigenvalue weighted by Crippen LogP contribution is 2.47. The normalized spacial score (nSPS) is 27.6.